The molecule has 3 aromatic rings. The van der Waals surface area contributed by atoms with Crippen molar-refractivity contribution in [3.63, 3.8) is 0 Å². The number of hydrogen-bond donors (Lipinski definition) is 1. The van der Waals surface area contributed by atoms with Gasteiger partial charge in [-0.15, -0.1) is 0 Å². The average molecular weight is 398 g/mol. The van der Waals surface area contributed by atoms with E-state index >= 15 is 0 Å². The van der Waals surface area contributed by atoms with Crippen molar-refractivity contribution in [2.24, 2.45) is 0 Å². The topological polar surface area (TPSA) is 71.5 Å². The molecule has 28 heavy (non-hydrogen) atoms. The van der Waals surface area contributed by atoms with E-state index in [0.29, 0.717) is 37.7 Å². The van der Waals surface area contributed by atoms with Crippen LogP contribution >= 0.6 is 0 Å². The van der Waals surface area contributed by atoms with Gasteiger partial charge in [0.2, 0.25) is 10.0 Å². The third-order valence-electron chi connectivity index (χ3n) is 4.91. The van der Waals surface area contributed by atoms with Crippen molar-refractivity contribution in [3.05, 3.63) is 65.9 Å². The van der Waals surface area contributed by atoms with Crippen LogP contribution in [0.3, 0.4) is 0 Å². The largest absolute Gasteiger partial charge is 0.380 e. The van der Waals surface area contributed by atoms with Crippen molar-refractivity contribution < 1.29 is 13.2 Å². The summed E-state index contributed by atoms with van der Waals surface area (Å²) in [5.74, 6) is 0. The first-order valence-corrected chi connectivity index (χ1v) is 10.7. The molecule has 4 rings (SSSR count). The number of nitrogens with one attached hydrogen (secondary N) is 1. The molecule has 6 nitrogen and oxygen atoms in total. The minimum atomic E-state index is -3.45. The zero-order chi connectivity index (χ0) is 19.6. The van der Waals surface area contributed by atoms with Crippen LogP contribution in [0.25, 0.3) is 10.9 Å². The zero-order valence-corrected chi connectivity index (χ0v) is 16.6. The number of aryl methyl sites for hydroxylation is 1. The van der Waals surface area contributed by atoms with Crippen LogP contribution < -0.4 is 5.32 Å². The maximum absolute atomic E-state index is 12.7. The lowest BCUT2D eigenvalue weighted by Gasteiger charge is -2.26. The fourth-order valence-corrected chi connectivity index (χ4v) is 4.73. The Bertz CT molecular complexity index is 1080. The van der Waals surface area contributed by atoms with Crippen LogP contribution in [0.1, 0.15) is 11.1 Å². The number of ether oxygens (including phenoxy) is 1. The lowest BCUT2D eigenvalue weighted by atomic mass is 10.1. The van der Waals surface area contributed by atoms with Crippen molar-refractivity contribution in [3.8, 4) is 0 Å². The Morgan fingerprint density at radius 1 is 1.07 bits per heavy atom. The van der Waals surface area contributed by atoms with Crippen LogP contribution in [-0.4, -0.2) is 44.0 Å². The number of sulfonamides is 1. The first-order valence-electron chi connectivity index (χ1n) is 9.30. The van der Waals surface area contributed by atoms with Crippen molar-refractivity contribution in [1.29, 1.82) is 0 Å². The molecule has 1 saturated heterocycles. The highest BCUT2D eigenvalue weighted by atomic mass is 32.2. The fourth-order valence-electron chi connectivity index (χ4n) is 3.33. The quantitative estimate of drug-likeness (QED) is 0.716. The summed E-state index contributed by atoms with van der Waals surface area (Å²) in [5, 5.41) is 4.51. The van der Waals surface area contributed by atoms with Gasteiger partial charge in [-0.3, -0.25) is 4.98 Å². The van der Waals surface area contributed by atoms with Gasteiger partial charge in [0.15, 0.2) is 0 Å². The molecular weight excluding hydrogens is 374 g/mol. The van der Waals surface area contributed by atoms with Crippen molar-refractivity contribution >= 4 is 26.6 Å². The van der Waals surface area contributed by atoms with E-state index in [4.69, 9.17) is 4.74 Å². The Kier molecular flexibility index (Phi) is 5.30. The van der Waals surface area contributed by atoms with E-state index in [1.165, 1.54) is 9.87 Å². The lowest BCUT2D eigenvalue weighted by molar-refractivity contribution is 0.0730. The fraction of sp³-hybridized carbons (Fsp3) is 0.286. The second kappa shape index (κ2) is 7.87. The molecular formula is C21H23N3O3S. The summed E-state index contributed by atoms with van der Waals surface area (Å²) in [6.07, 6.45) is 1.79. The highest BCUT2D eigenvalue weighted by Crippen LogP contribution is 2.24. The summed E-state index contributed by atoms with van der Waals surface area (Å²) in [7, 11) is -3.45. The summed E-state index contributed by atoms with van der Waals surface area (Å²) in [4.78, 5) is 4.72. The van der Waals surface area contributed by atoms with Gasteiger partial charge in [-0.25, -0.2) is 8.42 Å². The van der Waals surface area contributed by atoms with Gasteiger partial charge in [-0.1, -0.05) is 23.8 Å². The monoisotopic (exact) mass is 397 g/mol. The van der Waals surface area contributed by atoms with Crippen molar-refractivity contribution in [2.45, 2.75) is 18.4 Å². The van der Waals surface area contributed by atoms with Gasteiger partial charge in [-0.05, 0) is 42.8 Å². The summed E-state index contributed by atoms with van der Waals surface area (Å²) in [5.41, 5.74) is 4.15. The summed E-state index contributed by atoms with van der Waals surface area (Å²) >= 11 is 0. The molecule has 7 heteroatoms. The Labute approximate surface area is 165 Å². The van der Waals surface area contributed by atoms with Crippen LogP contribution in [0.15, 0.2) is 59.6 Å². The second-order valence-electron chi connectivity index (χ2n) is 6.89. The number of fused-ring (bicyclic) bond motifs is 1. The predicted octanol–water partition coefficient (Wildman–Crippen LogP) is 3.18. The van der Waals surface area contributed by atoms with Gasteiger partial charge >= 0.3 is 0 Å². The molecule has 0 radical (unpaired) electrons. The molecule has 0 amide bonds. The van der Waals surface area contributed by atoms with Gasteiger partial charge < -0.3 is 10.1 Å². The normalized spacial score (nSPS) is 15.6. The number of hydrogen-bond acceptors (Lipinski definition) is 5. The molecule has 1 fully saturated rings. The summed E-state index contributed by atoms with van der Waals surface area (Å²) < 4.78 is 32.1. The van der Waals surface area contributed by atoms with Gasteiger partial charge in [0, 0.05) is 36.9 Å². The van der Waals surface area contributed by atoms with E-state index < -0.39 is 10.0 Å². The summed E-state index contributed by atoms with van der Waals surface area (Å²) in [6, 6.07) is 15.2. The molecule has 1 aromatic heterocycles. The number of aromatic nitrogens is 1. The molecule has 0 aliphatic carbocycles. The number of nitrogens with zero attached hydrogens (tertiary/aromatic N) is 2. The molecule has 146 valence electrons. The second-order valence-corrected chi connectivity index (χ2v) is 8.83. The first kappa shape index (κ1) is 18.9. The Morgan fingerprint density at radius 2 is 1.82 bits per heavy atom. The lowest BCUT2D eigenvalue weighted by Crippen LogP contribution is -2.40. The molecule has 0 saturated carbocycles. The van der Waals surface area contributed by atoms with Crippen LogP contribution in [0.2, 0.25) is 0 Å². The Hall–Kier alpha value is -2.48. The molecule has 0 spiro atoms. The SMILES string of the molecule is Cc1ccc2nccc(NCc3ccc(S(=O)(=O)N4CCOCC4)cc3)c2c1. The van der Waals surface area contributed by atoms with E-state index in [2.05, 4.69) is 23.3 Å². The van der Waals surface area contributed by atoms with Crippen LogP contribution in [0.4, 0.5) is 5.69 Å². The Balaban J connectivity index is 1.49. The van der Waals surface area contributed by atoms with Gasteiger partial charge in [0.25, 0.3) is 0 Å². The molecule has 1 aliphatic rings. The number of morpholine rings is 1. The number of benzene rings is 2. The third kappa shape index (κ3) is 3.87. The molecule has 1 N–H and O–H groups in total. The smallest absolute Gasteiger partial charge is 0.243 e. The van der Waals surface area contributed by atoms with Gasteiger partial charge in [0.1, 0.15) is 0 Å². The van der Waals surface area contributed by atoms with E-state index in [9.17, 15) is 8.42 Å². The number of rotatable bonds is 5. The molecule has 1 aliphatic heterocycles. The van der Waals surface area contributed by atoms with Crippen molar-refractivity contribution in [2.75, 3.05) is 31.6 Å². The molecule has 2 aromatic carbocycles. The highest BCUT2D eigenvalue weighted by Gasteiger charge is 2.26. The van der Waals surface area contributed by atoms with E-state index in [-0.39, 0.29) is 0 Å². The van der Waals surface area contributed by atoms with Gasteiger partial charge in [-0.2, -0.15) is 4.31 Å². The minimum absolute atomic E-state index is 0.322. The standard InChI is InChI=1S/C21H23N3O3S/c1-16-2-7-20-19(14-16)21(8-9-22-20)23-15-17-3-5-18(6-4-17)28(25,26)24-10-12-27-13-11-24/h2-9,14H,10-13,15H2,1H3,(H,22,23). The third-order valence-corrected chi connectivity index (χ3v) is 6.82. The maximum atomic E-state index is 12.7. The Morgan fingerprint density at radius 3 is 2.57 bits per heavy atom. The summed E-state index contributed by atoms with van der Waals surface area (Å²) in [6.45, 7) is 4.36. The number of pyridine rings is 1. The highest BCUT2D eigenvalue weighted by molar-refractivity contribution is 7.89. The van der Waals surface area contributed by atoms with Gasteiger partial charge in [0.05, 0.1) is 23.6 Å². The predicted molar refractivity (Wildman–Crippen MR) is 110 cm³/mol. The maximum Gasteiger partial charge on any atom is 0.243 e. The molecule has 0 unspecified atom stereocenters. The van der Waals surface area contributed by atoms with E-state index in [1.54, 1.807) is 18.3 Å². The number of anilines is 1. The van der Waals surface area contributed by atoms with Crippen LogP contribution in [0.5, 0.6) is 0 Å². The van der Waals surface area contributed by atoms with E-state index in [0.717, 1.165) is 22.2 Å². The van der Waals surface area contributed by atoms with E-state index in [1.807, 2.05) is 30.3 Å². The molecule has 0 atom stereocenters. The minimum Gasteiger partial charge on any atom is -0.380 e. The molecule has 2 heterocycles. The first-order chi connectivity index (χ1) is 13.5. The average Bonchev–Trinajstić information content (AvgIpc) is 2.73. The van der Waals surface area contributed by atoms with Crippen LogP contribution in [0, 0.1) is 6.92 Å². The molecule has 0 bridgehead atoms. The van der Waals surface area contributed by atoms with Crippen LogP contribution in [-0.2, 0) is 21.3 Å². The zero-order valence-electron chi connectivity index (χ0n) is 15.8. The van der Waals surface area contributed by atoms with Crippen molar-refractivity contribution in [1.82, 2.24) is 9.29 Å².